The van der Waals surface area contributed by atoms with Crippen LogP contribution in [0.4, 0.5) is 5.69 Å². The third-order valence-electron chi connectivity index (χ3n) is 3.41. The Labute approximate surface area is 125 Å². The molecule has 1 aromatic carbocycles. The average Bonchev–Trinajstić information content (AvgIpc) is 2.52. The summed E-state index contributed by atoms with van der Waals surface area (Å²) < 4.78 is 0. The zero-order valence-corrected chi connectivity index (χ0v) is 12.5. The molecule has 0 bridgehead atoms. The number of anilines is 1. The van der Waals surface area contributed by atoms with Crippen LogP contribution in [0.15, 0.2) is 48.8 Å². The van der Waals surface area contributed by atoms with Crippen molar-refractivity contribution in [1.29, 1.82) is 0 Å². The lowest BCUT2D eigenvalue weighted by atomic mass is 10.2. The van der Waals surface area contributed by atoms with Gasteiger partial charge in [-0.05, 0) is 43.2 Å². The Hall–Kier alpha value is -2.36. The molecular weight excluding hydrogens is 262 g/mol. The molecule has 1 amide bonds. The number of hydrogen-bond acceptors (Lipinski definition) is 3. The SMILES string of the molecule is Cc1ccc(NCC(=O)N(C)CCc2ccncc2)cc1. The van der Waals surface area contributed by atoms with Gasteiger partial charge in [0.25, 0.3) is 0 Å². The van der Waals surface area contributed by atoms with E-state index in [0.717, 1.165) is 12.1 Å². The topological polar surface area (TPSA) is 45.2 Å². The summed E-state index contributed by atoms with van der Waals surface area (Å²) in [4.78, 5) is 17.8. The van der Waals surface area contributed by atoms with E-state index in [1.807, 2.05) is 50.4 Å². The quantitative estimate of drug-likeness (QED) is 0.886. The first-order valence-corrected chi connectivity index (χ1v) is 7.08. The summed E-state index contributed by atoms with van der Waals surface area (Å²) in [5.41, 5.74) is 3.37. The van der Waals surface area contributed by atoms with Crippen molar-refractivity contribution in [3.05, 3.63) is 59.9 Å². The summed E-state index contributed by atoms with van der Waals surface area (Å²) in [6.45, 7) is 3.07. The van der Waals surface area contributed by atoms with E-state index in [2.05, 4.69) is 10.3 Å². The van der Waals surface area contributed by atoms with Crippen LogP contribution in [-0.2, 0) is 11.2 Å². The van der Waals surface area contributed by atoms with Gasteiger partial charge >= 0.3 is 0 Å². The molecule has 0 saturated heterocycles. The molecule has 0 unspecified atom stereocenters. The molecule has 0 spiro atoms. The number of carbonyl (C=O) groups is 1. The van der Waals surface area contributed by atoms with Crippen molar-refractivity contribution in [2.75, 3.05) is 25.5 Å². The van der Waals surface area contributed by atoms with Crippen LogP contribution >= 0.6 is 0 Å². The Morgan fingerprint density at radius 2 is 1.81 bits per heavy atom. The second-order valence-corrected chi connectivity index (χ2v) is 5.14. The third kappa shape index (κ3) is 4.91. The number of aryl methyl sites for hydroxylation is 1. The van der Waals surface area contributed by atoms with E-state index in [4.69, 9.17) is 0 Å². The molecule has 110 valence electrons. The van der Waals surface area contributed by atoms with Crippen LogP contribution in [0.5, 0.6) is 0 Å². The number of carbonyl (C=O) groups excluding carboxylic acids is 1. The largest absolute Gasteiger partial charge is 0.376 e. The highest BCUT2D eigenvalue weighted by molar-refractivity contribution is 5.80. The van der Waals surface area contributed by atoms with Crippen LogP contribution in [0.3, 0.4) is 0 Å². The lowest BCUT2D eigenvalue weighted by molar-refractivity contribution is -0.127. The average molecular weight is 283 g/mol. The number of pyridine rings is 1. The third-order valence-corrected chi connectivity index (χ3v) is 3.41. The zero-order chi connectivity index (χ0) is 15.1. The van der Waals surface area contributed by atoms with Crippen molar-refractivity contribution in [1.82, 2.24) is 9.88 Å². The first-order chi connectivity index (χ1) is 10.1. The van der Waals surface area contributed by atoms with Crippen molar-refractivity contribution in [3.63, 3.8) is 0 Å². The lowest BCUT2D eigenvalue weighted by Crippen LogP contribution is -2.33. The van der Waals surface area contributed by atoms with Crippen LogP contribution in [0.25, 0.3) is 0 Å². The maximum Gasteiger partial charge on any atom is 0.241 e. The monoisotopic (exact) mass is 283 g/mol. The second-order valence-electron chi connectivity index (χ2n) is 5.14. The van der Waals surface area contributed by atoms with Crippen molar-refractivity contribution >= 4 is 11.6 Å². The van der Waals surface area contributed by atoms with Crippen LogP contribution in [-0.4, -0.2) is 35.9 Å². The fourth-order valence-corrected chi connectivity index (χ4v) is 1.96. The smallest absolute Gasteiger partial charge is 0.241 e. The van der Waals surface area contributed by atoms with Crippen molar-refractivity contribution in [2.45, 2.75) is 13.3 Å². The Kier molecular flexibility index (Phi) is 5.32. The molecule has 1 aromatic heterocycles. The van der Waals surface area contributed by atoms with Gasteiger partial charge in [0.1, 0.15) is 0 Å². The van der Waals surface area contributed by atoms with Gasteiger partial charge in [-0.1, -0.05) is 17.7 Å². The maximum absolute atomic E-state index is 12.1. The minimum Gasteiger partial charge on any atom is -0.376 e. The van der Waals surface area contributed by atoms with Crippen LogP contribution in [0.2, 0.25) is 0 Å². The number of aromatic nitrogens is 1. The molecule has 0 aliphatic rings. The van der Waals surface area contributed by atoms with Gasteiger partial charge in [0.05, 0.1) is 6.54 Å². The molecule has 0 aliphatic carbocycles. The zero-order valence-electron chi connectivity index (χ0n) is 12.5. The maximum atomic E-state index is 12.1. The summed E-state index contributed by atoms with van der Waals surface area (Å²) >= 11 is 0. The molecule has 1 heterocycles. The summed E-state index contributed by atoms with van der Waals surface area (Å²) in [6.07, 6.45) is 4.39. The normalized spacial score (nSPS) is 10.2. The molecule has 2 aromatic rings. The number of likely N-dealkylation sites (N-methyl/N-ethyl adjacent to an activating group) is 1. The highest BCUT2D eigenvalue weighted by Crippen LogP contribution is 2.08. The summed E-state index contributed by atoms with van der Waals surface area (Å²) in [6, 6.07) is 12.0. The predicted octanol–water partition coefficient (Wildman–Crippen LogP) is 2.50. The summed E-state index contributed by atoms with van der Waals surface area (Å²) in [5, 5.41) is 3.15. The van der Waals surface area contributed by atoms with Crippen LogP contribution in [0, 0.1) is 6.92 Å². The molecule has 2 rings (SSSR count). The van der Waals surface area contributed by atoms with Gasteiger partial charge in [0, 0.05) is 31.7 Å². The number of hydrogen-bond donors (Lipinski definition) is 1. The molecule has 4 nitrogen and oxygen atoms in total. The lowest BCUT2D eigenvalue weighted by Gasteiger charge is -2.18. The van der Waals surface area contributed by atoms with Crippen molar-refractivity contribution < 1.29 is 4.79 Å². The highest BCUT2D eigenvalue weighted by atomic mass is 16.2. The Balaban J connectivity index is 1.76. The Morgan fingerprint density at radius 3 is 2.48 bits per heavy atom. The van der Waals surface area contributed by atoms with E-state index >= 15 is 0 Å². The van der Waals surface area contributed by atoms with Crippen molar-refractivity contribution in [2.24, 2.45) is 0 Å². The minimum absolute atomic E-state index is 0.0876. The standard InChI is InChI=1S/C17H21N3O/c1-14-3-5-16(6-4-14)19-13-17(21)20(2)12-9-15-7-10-18-11-8-15/h3-8,10-11,19H,9,12-13H2,1-2H3. The van der Waals surface area contributed by atoms with Gasteiger partial charge in [-0.15, -0.1) is 0 Å². The van der Waals surface area contributed by atoms with Gasteiger partial charge in [0.15, 0.2) is 0 Å². The van der Waals surface area contributed by atoms with E-state index in [9.17, 15) is 4.79 Å². The first-order valence-electron chi connectivity index (χ1n) is 7.08. The molecule has 0 saturated carbocycles. The van der Waals surface area contributed by atoms with E-state index in [1.54, 1.807) is 17.3 Å². The molecule has 0 radical (unpaired) electrons. The molecule has 0 fully saturated rings. The Bertz CT molecular complexity index is 566. The fraction of sp³-hybridized carbons (Fsp3) is 0.294. The number of nitrogens with zero attached hydrogens (tertiary/aromatic N) is 2. The number of amides is 1. The summed E-state index contributed by atoms with van der Waals surface area (Å²) in [5.74, 6) is 0.0876. The second kappa shape index (κ2) is 7.43. The van der Waals surface area contributed by atoms with Gasteiger partial charge in [0.2, 0.25) is 5.91 Å². The van der Waals surface area contributed by atoms with Crippen LogP contribution in [0.1, 0.15) is 11.1 Å². The molecule has 4 heteroatoms. The number of benzene rings is 1. The van der Waals surface area contributed by atoms with E-state index < -0.39 is 0 Å². The first kappa shape index (κ1) is 15.0. The Morgan fingerprint density at radius 1 is 1.14 bits per heavy atom. The van der Waals surface area contributed by atoms with E-state index in [-0.39, 0.29) is 5.91 Å². The molecular formula is C17H21N3O. The van der Waals surface area contributed by atoms with Crippen LogP contribution < -0.4 is 5.32 Å². The fourth-order valence-electron chi connectivity index (χ4n) is 1.96. The van der Waals surface area contributed by atoms with Crippen molar-refractivity contribution in [3.8, 4) is 0 Å². The number of nitrogens with one attached hydrogen (secondary N) is 1. The van der Waals surface area contributed by atoms with Gasteiger partial charge in [-0.3, -0.25) is 9.78 Å². The molecule has 0 atom stereocenters. The van der Waals surface area contributed by atoms with Gasteiger partial charge in [-0.2, -0.15) is 0 Å². The number of rotatable bonds is 6. The minimum atomic E-state index is 0.0876. The predicted molar refractivity (Wildman–Crippen MR) is 85.2 cm³/mol. The van der Waals surface area contributed by atoms with Gasteiger partial charge in [-0.25, -0.2) is 0 Å². The van der Waals surface area contributed by atoms with E-state index in [0.29, 0.717) is 13.1 Å². The summed E-state index contributed by atoms with van der Waals surface area (Å²) in [7, 11) is 1.83. The van der Waals surface area contributed by atoms with E-state index in [1.165, 1.54) is 11.1 Å². The van der Waals surface area contributed by atoms with Gasteiger partial charge < -0.3 is 10.2 Å². The molecule has 0 aliphatic heterocycles. The molecule has 1 N–H and O–H groups in total. The highest BCUT2D eigenvalue weighted by Gasteiger charge is 2.08. The molecule has 21 heavy (non-hydrogen) atoms.